The molecule has 0 saturated heterocycles. The second-order valence-electron chi connectivity index (χ2n) is 5.83. The molecule has 134 valence electrons. The Morgan fingerprint density at radius 3 is 2.81 bits per heavy atom. The predicted molar refractivity (Wildman–Crippen MR) is 95.1 cm³/mol. The van der Waals surface area contributed by atoms with Crippen LogP contribution in [-0.4, -0.2) is 33.3 Å². The number of aromatic nitrogens is 2. The van der Waals surface area contributed by atoms with Gasteiger partial charge in [0, 0.05) is 11.4 Å². The number of nitrogens with zero attached hydrogens (tertiary/aromatic N) is 3. The van der Waals surface area contributed by atoms with E-state index in [4.69, 9.17) is 21.6 Å². The van der Waals surface area contributed by atoms with Crippen LogP contribution in [0.5, 0.6) is 5.75 Å². The summed E-state index contributed by atoms with van der Waals surface area (Å²) in [7, 11) is 0. The second kappa shape index (κ2) is 7.99. The van der Waals surface area contributed by atoms with Crippen LogP contribution in [0.4, 0.5) is 16.3 Å². The van der Waals surface area contributed by atoms with Crippen LogP contribution in [0.25, 0.3) is 0 Å². The Labute approximate surface area is 154 Å². The monoisotopic (exact) mass is 373 g/mol. The lowest BCUT2D eigenvalue weighted by molar-refractivity contribution is 0.150. The smallest absolute Gasteiger partial charge is 0.325 e. The number of urea groups is 1. The van der Waals surface area contributed by atoms with Crippen LogP contribution < -0.4 is 15.4 Å². The number of nitriles is 1. The Balaban J connectivity index is 1.68. The molecule has 1 fully saturated rings. The van der Waals surface area contributed by atoms with Crippen molar-refractivity contribution < 1.29 is 14.6 Å². The molecule has 1 heterocycles. The van der Waals surface area contributed by atoms with Gasteiger partial charge in [-0.15, -0.1) is 0 Å². The lowest BCUT2D eigenvalue weighted by atomic mass is 10.2. The number of ether oxygens (including phenoxy) is 1. The summed E-state index contributed by atoms with van der Waals surface area (Å²) < 4.78 is 5.89. The molecule has 0 unspecified atom stereocenters. The fraction of sp³-hybridized carbons (Fsp3) is 0.294. The van der Waals surface area contributed by atoms with Gasteiger partial charge in [0.15, 0.2) is 11.5 Å². The summed E-state index contributed by atoms with van der Waals surface area (Å²) in [6, 6.07) is 6.20. The van der Waals surface area contributed by atoms with E-state index in [1.807, 2.05) is 6.07 Å². The van der Waals surface area contributed by atoms with Crippen LogP contribution in [0.15, 0.2) is 30.6 Å². The number of carbonyl (C=O) groups is 1. The van der Waals surface area contributed by atoms with E-state index in [1.54, 1.807) is 18.2 Å². The maximum atomic E-state index is 12.2. The van der Waals surface area contributed by atoms with E-state index < -0.39 is 6.03 Å². The fourth-order valence-electron chi connectivity index (χ4n) is 2.63. The number of carbonyl (C=O) groups excluding carboxylic acids is 1. The molecular weight excluding hydrogens is 358 g/mol. The summed E-state index contributed by atoms with van der Waals surface area (Å²) >= 11 is 6.01. The van der Waals surface area contributed by atoms with Gasteiger partial charge < -0.3 is 15.2 Å². The van der Waals surface area contributed by atoms with E-state index in [0.717, 1.165) is 6.42 Å². The number of rotatable bonds is 4. The number of aliphatic hydroxyl groups excluding tert-OH is 1. The minimum Gasteiger partial charge on any atom is -0.488 e. The number of hydrogen-bond acceptors (Lipinski definition) is 6. The zero-order valence-electron chi connectivity index (χ0n) is 13.6. The Hall–Kier alpha value is -2.89. The second-order valence-corrected chi connectivity index (χ2v) is 6.26. The largest absolute Gasteiger partial charge is 0.488 e. The van der Waals surface area contributed by atoms with Crippen molar-refractivity contribution in [2.24, 2.45) is 0 Å². The molecule has 1 aromatic carbocycles. The van der Waals surface area contributed by atoms with E-state index in [9.17, 15) is 9.90 Å². The van der Waals surface area contributed by atoms with Gasteiger partial charge in [0.1, 0.15) is 17.9 Å². The molecule has 1 aromatic heterocycles. The molecule has 2 atom stereocenters. The van der Waals surface area contributed by atoms with Gasteiger partial charge in [-0.2, -0.15) is 5.26 Å². The van der Waals surface area contributed by atoms with Crippen molar-refractivity contribution in [1.82, 2.24) is 9.97 Å². The Morgan fingerprint density at radius 1 is 1.31 bits per heavy atom. The van der Waals surface area contributed by atoms with Gasteiger partial charge in [0.2, 0.25) is 0 Å². The van der Waals surface area contributed by atoms with E-state index in [-0.39, 0.29) is 23.7 Å². The van der Waals surface area contributed by atoms with E-state index >= 15 is 0 Å². The number of nitrogens with one attached hydrogen (secondary N) is 2. The van der Waals surface area contributed by atoms with Gasteiger partial charge in [-0.25, -0.2) is 14.8 Å². The highest BCUT2D eigenvalue weighted by molar-refractivity contribution is 6.31. The molecule has 0 radical (unpaired) electrons. The van der Waals surface area contributed by atoms with Crippen LogP contribution in [-0.2, 0) is 0 Å². The molecule has 2 amide bonds. The minimum atomic E-state index is -0.553. The van der Waals surface area contributed by atoms with Gasteiger partial charge in [-0.05, 0) is 31.0 Å². The first-order valence-electron chi connectivity index (χ1n) is 7.98. The number of aliphatic hydroxyl groups is 1. The summed E-state index contributed by atoms with van der Waals surface area (Å²) in [5.74, 6) is 0.666. The Bertz CT molecular complexity index is 837. The molecule has 26 heavy (non-hydrogen) atoms. The molecule has 0 aliphatic heterocycles. The molecule has 8 nitrogen and oxygen atoms in total. The first-order valence-corrected chi connectivity index (χ1v) is 8.35. The van der Waals surface area contributed by atoms with Crippen LogP contribution in [0.2, 0.25) is 5.02 Å². The van der Waals surface area contributed by atoms with Crippen molar-refractivity contribution in [2.45, 2.75) is 31.5 Å². The van der Waals surface area contributed by atoms with Crippen molar-refractivity contribution in [3.8, 4) is 11.8 Å². The van der Waals surface area contributed by atoms with Crippen molar-refractivity contribution >= 4 is 29.1 Å². The first kappa shape index (κ1) is 17.9. The topological polar surface area (TPSA) is 120 Å². The molecular formula is C17H16ClN5O3. The average Bonchev–Trinajstić information content (AvgIpc) is 3.03. The van der Waals surface area contributed by atoms with Crippen LogP contribution in [0.3, 0.4) is 0 Å². The quantitative estimate of drug-likeness (QED) is 0.757. The maximum Gasteiger partial charge on any atom is 0.325 e. The van der Waals surface area contributed by atoms with Gasteiger partial charge in [-0.3, -0.25) is 5.32 Å². The Kier molecular flexibility index (Phi) is 5.51. The number of halogens is 1. The SMILES string of the molecule is N#Cc1cnc(NC(=O)Nc2cc(Cl)ccc2O[C@H]2CC[C@@H](O)C2)cn1. The van der Waals surface area contributed by atoms with Crippen LogP contribution >= 0.6 is 11.6 Å². The maximum absolute atomic E-state index is 12.2. The number of amides is 2. The molecule has 1 aliphatic carbocycles. The van der Waals surface area contributed by atoms with E-state index in [1.165, 1.54) is 12.4 Å². The lowest BCUT2D eigenvalue weighted by Crippen LogP contribution is -2.21. The molecule has 3 rings (SSSR count). The third kappa shape index (κ3) is 4.59. The molecule has 1 saturated carbocycles. The van der Waals surface area contributed by atoms with Crippen LogP contribution in [0, 0.1) is 11.3 Å². The zero-order chi connectivity index (χ0) is 18.5. The van der Waals surface area contributed by atoms with Gasteiger partial charge >= 0.3 is 6.03 Å². The fourth-order valence-corrected chi connectivity index (χ4v) is 2.80. The molecule has 2 aromatic rings. The van der Waals surface area contributed by atoms with Crippen molar-refractivity contribution in [1.29, 1.82) is 5.26 Å². The summed E-state index contributed by atoms with van der Waals surface area (Å²) in [4.78, 5) is 19.9. The highest BCUT2D eigenvalue weighted by Crippen LogP contribution is 2.32. The molecule has 0 bridgehead atoms. The lowest BCUT2D eigenvalue weighted by Gasteiger charge is -2.17. The van der Waals surface area contributed by atoms with Gasteiger partial charge in [0.05, 0.1) is 24.2 Å². The van der Waals surface area contributed by atoms with Crippen molar-refractivity contribution in [3.05, 3.63) is 41.3 Å². The predicted octanol–water partition coefficient (Wildman–Crippen LogP) is 2.94. The summed E-state index contributed by atoms with van der Waals surface area (Å²) in [6.07, 6.45) is 4.06. The van der Waals surface area contributed by atoms with E-state index in [0.29, 0.717) is 29.3 Å². The van der Waals surface area contributed by atoms with Crippen molar-refractivity contribution in [2.75, 3.05) is 10.6 Å². The molecule has 1 aliphatic rings. The van der Waals surface area contributed by atoms with Gasteiger partial charge in [-0.1, -0.05) is 11.6 Å². The zero-order valence-corrected chi connectivity index (χ0v) is 14.4. The van der Waals surface area contributed by atoms with Crippen molar-refractivity contribution in [3.63, 3.8) is 0 Å². The Morgan fingerprint density at radius 2 is 2.15 bits per heavy atom. The average molecular weight is 374 g/mol. The summed E-state index contributed by atoms with van der Waals surface area (Å²) in [5, 5.41) is 23.9. The van der Waals surface area contributed by atoms with E-state index in [2.05, 4.69) is 20.6 Å². The third-order valence-corrected chi connectivity index (χ3v) is 4.08. The highest BCUT2D eigenvalue weighted by atomic mass is 35.5. The third-order valence-electron chi connectivity index (χ3n) is 3.85. The number of anilines is 2. The summed E-state index contributed by atoms with van der Waals surface area (Å²) in [5.41, 5.74) is 0.554. The van der Waals surface area contributed by atoms with Gasteiger partial charge in [0.25, 0.3) is 0 Å². The summed E-state index contributed by atoms with van der Waals surface area (Å²) in [6.45, 7) is 0. The number of benzene rings is 1. The normalized spacial score (nSPS) is 18.8. The molecule has 0 spiro atoms. The van der Waals surface area contributed by atoms with Crippen LogP contribution in [0.1, 0.15) is 25.0 Å². The molecule has 9 heteroatoms. The molecule has 3 N–H and O–H groups in total. The standard InChI is InChI=1S/C17H16ClN5O3/c18-10-1-4-15(26-13-3-2-12(24)6-13)14(5-10)22-17(25)23-16-9-20-11(7-19)8-21-16/h1,4-5,8-9,12-13,24H,2-3,6H2,(H2,21,22,23,25)/t12-,13+/m1/s1. The first-order chi connectivity index (χ1) is 12.5. The number of hydrogen-bond donors (Lipinski definition) is 3. The minimum absolute atomic E-state index is 0.112. The highest BCUT2D eigenvalue weighted by Gasteiger charge is 2.25.